The van der Waals surface area contributed by atoms with Crippen LogP contribution in [-0.4, -0.2) is 21.7 Å². The fourth-order valence-electron chi connectivity index (χ4n) is 1.85. The number of carbonyl (C=O) groups excluding carboxylic acids is 1. The van der Waals surface area contributed by atoms with E-state index >= 15 is 0 Å². The van der Waals surface area contributed by atoms with Gasteiger partial charge in [-0.2, -0.15) is 0 Å². The summed E-state index contributed by atoms with van der Waals surface area (Å²) < 4.78 is 6.21. The SMILES string of the molecule is Cc1ccccc1-c1nnc(SCC(=O)c2ccc(Cl)s2)o1. The molecular weight excluding hydrogens is 340 g/mol. The zero-order valence-electron chi connectivity index (χ0n) is 11.6. The number of thiophene rings is 1. The van der Waals surface area contributed by atoms with Gasteiger partial charge < -0.3 is 4.42 Å². The van der Waals surface area contributed by atoms with Gasteiger partial charge in [-0.25, -0.2) is 0 Å². The molecule has 0 aliphatic heterocycles. The summed E-state index contributed by atoms with van der Waals surface area (Å²) in [6.07, 6.45) is 0. The second-order valence-electron chi connectivity index (χ2n) is 4.50. The van der Waals surface area contributed by atoms with E-state index in [-0.39, 0.29) is 11.5 Å². The average Bonchev–Trinajstić information content (AvgIpc) is 3.14. The molecule has 0 unspecified atom stereocenters. The van der Waals surface area contributed by atoms with Gasteiger partial charge in [-0.15, -0.1) is 21.5 Å². The van der Waals surface area contributed by atoms with Crippen LogP contribution in [0, 0.1) is 6.92 Å². The lowest BCUT2D eigenvalue weighted by atomic mass is 10.1. The van der Waals surface area contributed by atoms with Gasteiger partial charge in [0.1, 0.15) is 0 Å². The van der Waals surface area contributed by atoms with Crippen LogP contribution in [0.3, 0.4) is 0 Å². The van der Waals surface area contributed by atoms with Crippen molar-refractivity contribution in [2.45, 2.75) is 12.1 Å². The van der Waals surface area contributed by atoms with Crippen LogP contribution >= 0.6 is 34.7 Å². The van der Waals surface area contributed by atoms with E-state index in [4.69, 9.17) is 16.0 Å². The molecule has 3 aromatic rings. The number of hydrogen-bond acceptors (Lipinski definition) is 6. The molecule has 0 atom stereocenters. The number of aryl methyl sites for hydroxylation is 1. The minimum atomic E-state index is -0.00228. The number of hydrogen-bond donors (Lipinski definition) is 0. The highest BCUT2D eigenvalue weighted by molar-refractivity contribution is 7.99. The average molecular weight is 351 g/mol. The minimum absolute atomic E-state index is 0.00228. The van der Waals surface area contributed by atoms with Crippen molar-refractivity contribution in [2.24, 2.45) is 0 Å². The van der Waals surface area contributed by atoms with Crippen molar-refractivity contribution in [3.8, 4) is 11.5 Å². The first-order valence-electron chi connectivity index (χ1n) is 6.44. The van der Waals surface area contributed by atoms with E-state index < -0.39 is 0 Å². The van der Waals surface area contributed by atoms with E-state index in [0.29, 0.717) is 20.3 Å². The molecule has 0 saturated carbocycles. The van der Waals surface area contributed by atoms with Crippen LogP contribution in [0.15, 0.2) is 46.0 Å². The Hall–Kier alpha value is -1.63. The van der Waals surface area contributed by atoms with Gasteiger partial charge in [0.25, 0.3) is 5.22 Å². The first-order chi connectivity index (χ1) is 10.6. The molecule has 1 aromatic carbocycles. The monoisotopic (exact) mass is 350 g/mol. The van der Waals surface area contributed by atoms with E-state index in [2.05, 4.69) is 10.2 Å². The molecule has 0 radical (unpaired) electrons. The standard InChI is InChI=1S/C15H11ClN2O2S2/c1-9-4-2-3-5-10(9)14-17-18-15(20-14)21-8-11(19)12-6-7-13(16)22-12/h2-7H,8H2,1H3. The number of rotatable bonds is 5. The van der Waals surface area contributed by atoms with Crippen LogP contribution in [0.5, 0.6) is 0 Å². The van der Waals surface area contributed by atoms with Gasteiger partial charge in [-0.1, -0.05) is 41.6 Å². The van der Waals surface area contributed by atoms with E-state index in [9.17, 15) is 4.79 Å². The topological polar surface area (TPSA) is 56.0 Å². The van der Waals surface area contributed by atoms with Crippen molar-refractivity contribution in [2.75, 3.05) is 5.75 Å². The molecule has 0 amide bonds. The summed E-state index contributed by atoms with van der Waals surface area (Å²) in [7, 11) is 0. The smallest absolute Gasteiger partial charge is 0.277 e. The Bertz CT molecular complexity index is 813. The van der Waals surface area contributed by atoms with Gasteiger partial charge in [0.15, 0.2) is 5.78 Å². The summed E-state index contributed by atoms with van der Waals surface area (Å²) in [6, 6.07) is 11.2. The Morgan fingerprint density at radius 1 is 1.27 bits per heavy atom. The molecule has 0 spiro atoms. The van der Waals surface area contributed by atoms with Crippen molar-refractivity contribution < 1.29 is 9.21 Å². The number of Topliss-reactive ketones (excluding diaryl/α,β-unsaturated/α-hetero) is 1. The maximum Gasteiger partial charge on any atom is 0.277 e. The second-order valence-corrected chi connectivity index (χ2v) is 7.15. The van der Waals surface area contributed by atoms with Crippen LogP contribution in [0.2, 0.25) is 4.34 Å². The first kappa shape index (κ1) is 15.3. The number of aromatic nitrogens is 2. The molecule has 0 aliphatic carbocycles. The van der Waals surface area contributed by atoms with Gasteiger partial charge in [-0.05, 0) is 30.7 Å². The Morgan fingerprint density at radius 3 is 2.82 bits per heavy atom. The Balaban J connectivity index is 1.67. The maximum atomic E-state index is 12.0. The Kier molecular flexibility index (Phi) is 4.61. The van der Waals surface area contributed by atoms with Crippen molar-refractivity contribution in [1.82, 2.24) is 10.2 Å². The van der Waals surface area contributed by atoms with Crippen LogP contribution < -0.4 is 0 Å². The number of benzene rings is 1. The fourth-order valence-corrected chi connectivity index (χ4v) is 3.57. The summed E-state index contributed by atoms with van der Waals surface area (Å²) in [6.45, 7) is 1.98. The van der Waals surface area contributed by atoms with E-state index in [1.165, 1.54) is 23.1 Å². The highest BCUT2D eigenvalue weighted by Crippen LogP contribution is 2.27. The molecule has 2 heterocycles. The molecule has 112 valence electrons. The lowest BCUT2D eigenvalue weighted by molar-refractivity contribution is 0.102. The van der Waals surface area contributed by atoms with Crippen molar-refractivity contribution in [3.63, 3.8) is 0 Å². The second kappa shape index (κ2) is 6.64. The lowest BCUT2D eigenvalue weighted by Crippen LogP contribution is -1.98. The predicted octanol–water partition coefficient (Wildman–Crippen LogP) is 4.73. The largest absolute Gasteiger partial charge is 0.411 e. The quantitative estimate of drug-likeness (QED) is 0.491. The number of thioether (sulfide) groups is 1. The van der Waals surface area contributed by atoms with Gasteiger partial charge in [0.2, 0.25) is 5.89 Å². The maximum absolute atomic E-state index is 12.0. The molecule has 0 bridgehead atoms. The number of ketones is 1. The molecule has 0 aliphatic rings. The van der Waals surface area contributed by atoms with Crippen molar-refractivity contribution in [3.05, 3.63) is 51.2 Å². The van der Waals surface area contributed by atoms with E-state index in [0.717, 1.165) is 11.1 Å². The molecule has 22 heavy (non-hydrogen) atoms. The molecule has 7 heteroatoms. The molecule has 0 saturated heterocycles. The van der Waals surface area contributed by atoms with Gasteiger partial charge >= 0.3 is 0 Å². The third-order valence-electron chi connectivity index (χ3n) is 2.96. The van der Waals surface area contributed by atoms with Gasteiger partial charge in [-0.3, -0.25) is 4.79 Å². The summed E-state index contributed by atoms with van der Waals surface area (Å²) >= 11 is 8.32. The highest BCUT2D eigenvalue weighted by atomic mass is 35.5. The first-order valence-corrected chi connectivity index (χ1v) is 8.62. The number of halogens is 1. The van der Waals surface area contributed by atoms with Gasteiger partial charge in [0.05, 0.1) is 15.0 Å². The summed E-state index contributed by atoms with van der Waals surface area (Å²) in [4.78, 5) is 12.6. The van der Waals surface area contributed by atoms with Crippen molar-refractivity contribution in [1.29, 1.82) is 0 Å². The molecular formula is C15H11ClN2O2S2. The van der Waals surface area contributed by atoms with Crippen molar-refractivity contribution >= 4 is 40.5 Å². The molecule has 2 aromatic heterocycles. The fraction of sp³-hybridized carbons (Fsp3) is 0.133. The zero-order valence-corrected chi connectivity index (χ0v) is 14.0. The molecule has 3 rings (SSSR count). The normalized spacial score (nSPS) is 10.8. The summed E-state index contributed by atoms with van der Waals surface area (Å²) in [5, 5.41) is 8.39. The summed E-state index contributed by atoms with van der Waals surface area (Å²) in [5.74, 6) is 0.705. The van der Waals surface area contributed by atoms with E-state index in [1.54, 1.807) is 12.1 Å². The Morgan fingerprint density at radius 2 is 2.09 bits per heavy atom. The van der Waals surface area contributed by atoms with E-state index in [1.807, 2.05) is 31.2 Å². The predicted molar refractivity (Wildman–Crippen MR) is 88.9 cm³/mol. The number of carbonyl (C=O) groups is 1. The van der Waals surface area contributed by atoms with Crippen LogP contribution in [0.4, 0.5) is 0 Å². The Labute approximate surface area is 140 Å². The number of nitrogens with zero attached hydrogens (tertiary/aromatic N) is 2. The molecule has 0 fully saturated rings. The minimum Gasteiger partial charge on any atom is -0.411 e. The zero-order chi connectivity index (χ0) is 15.5. The third-order valence-corrected chi connectivity index (χ3v) is 5.05. The van der Waals surface area contributed by atoms with Crippen LogP contribution in [0.25, 0.3) is 11.5 Å². The van der Waals surface area contributed by atoms with Gasteiger partial charge in [0, 0.05) is 5.56 Å². The molecule has 4 nitrogen and oxygen atoms in total. The summed E-state index contributed by atoms with van der Waals surface area (Å²) in [5.41, 5.74) is 1.96. The highest BCUT2D eigenvalue weighted by Gasteiger charge is 2.14. The van der Waals surface area contributed by atoms with Crippen LogP contribution in [-0.2, 0) is 0 Å². The third kappa shape index (κ3) is 3.40. The lowest BCUT2D eigenvalue weighted by Gasteiger charge is -1.98. The molecule has 0 N–H and O–H groups in total. The van der Waals surface area contributed by atoms with Crippen LogP contribution in [0.1, 0.15) is 15.2 Å².